The van der Waals surface area contributed by atoms with Gasteiger partial charge in [0.25, 0.3) is 0 Å². The van der Waals surface area contributed by atoms with Crippen LogP contribution in [0, 0.1) is 0 Å². The summed E-state index contributed by atoms with van der Waals surface area (Å²) in [5, 5.41) is 0. The molecule has 0 aliphatic heterocycles. The fourth-order valence-corrected chi connectivity index (χ4v) is 2.56. The molecular formula is C11H20N4O3S. The Kier molecular flexibility index (Phi) is 5.24. The monoisotopic (exact) mass is 288 g/mol. The zero-order valence-electron chi connectivity index (χ0n) is 11.3. The third-order valence-electron chi connectivity index (χ3n) is 2.42. The van der Waals surface area contributed by atoms with Gasteiger partial charge >= 0.3 is 0 Å². The molecule has 0 fully saturated rings. The number of nitrogens with two attached hydrogens (primary N) is 1. The van der Waals surface area contributed by atoms with Gasteiger partial charge in [-0.25, -0.2) is 24.0 Å². The number of hydrogen-bond acceptors (Lipinski definition) is 6. The van der Waals surface area contributed by atoms with E-state index in [-0.39, 0.29) is 11.4 Å². The standard InChI is InChI=1S/C11H20N4O3S/c1-4-18-11(2,3)8-14-19(16,17)9-5-6-10(15-12)13-7-9/h5-7,14H,4,8,12H2,1-3H3,(H,13,15). The second-order valence-corrected chi connectivity index (χ2v) is 6.31. The molecule has 19 heavy (non-hydrogen) atoms. The normalized spacial score (nSPS) is 12.4. The Hall–Kier alpha value is -1.22. The van der Waals surface area contributed by atoms with Crippen molar-refractivity contribution in [2.75, 3.05) is 18.6 Å². The smallest absolute Gasteiger partial charge is 0.242 e. The zero-order valence-corrected chi connectivity index (χ0v) is 12.1. The molecule has 0 radical (unpaired) electrons. The Labute approximate surface area is 113 Å². The summed E-state index contributed by atoms with van der Waals surface area (Å²) in [5.74, 6) is 5.56. The molecule has 0 saturated heterocycles. The van der Waals surface area contributed by atoms with Gasteiger partial charge in [0.1, 0.15) is 10.7 Å². The summed E-state index contributed by atoms with van der Waals surface area (Å²) in [6, 6.07) is 2.92. The van der Waals surface area contributed by atoms with Gasteiger partial charge in [-0.1, -0.05) is 0 Å². The third-order valence-corrected chi connectivity index (χ3v) is 3.80. The first-order valence-electron chi connectivity index (χ1n) is 5.87. The maximum Gasteiger partial charge on any atom is 0.242 e. The molecule has 0 aliphatic carbocycles. The number of nitrogens with one attached hydrogen (secondary N) is 2. The van der Waals surface area contributed by atoms with Crippen LogP contribution in [0.1, 0.15) is 20.8 Å². The van der Waals surface area contributed by atoms with E-state index in [1.54, 1.807) is 0 Å². The fourth-order valence-electron chi connectivity index (χ4n) is 1.42. The first-order valence-corrected chi connectivity index (χ1v) is 7.35. The van der Waals surface area contributed by atoms with E-state index in [1.807, 2.05) is 20.8 Å². The molecule has 108 valence electrons. The number of ether oxygens (including phenoxy) is 1. The lowest BCUT2D eigenvalue weighted by molar-refractivity contribution is -0.00515. The van der Waals surface area contributed by atoms with Gasteiger partial charge in [-0.2, -0.15) is 0 Å². The first-order chi connectivity index (χ1) is 8.80. The summed E-state index contributed by atoms with van der Waals surface area (Å²) in [7, 11) is -3.60. The first kappa shape index (κ1) is 15.8. The minimum atomic E-state index is -3.60. The Balaban J connectivity index is 2.75. The molecule has 1 aromatic rings. The van der Waals surface area contributed by atoms with Gasteiger partial charge in [0, 0.05) is 19.3 Å². The van der Waals surface area contributed by atoms with E-state index >= 15 is 0 Å². The number of anilines is 1. The van der Waals surface area contributed by atoms with Crippen molar-refractivity contribution in [1.82, 2.24) is 9.71 Å². The number of aromatic nitrogens is 1. The van der Waals surface area contributed by atoms with Crippen molar-refractivity contribution in [1.29, 1.82) is 0 Å². The van der Waals surface area contributed by atoms with Gasteiger partial charge in [0.15, 0.2) is 0 Å². The number of hydrazine groups is 1. The number of nitrogens with zero attached hydrogens (tertiary/aromatic N) is 1. The molecule has 0 atom stereocenters. The van der Waals surface area contributed by atoms with Crippen molar-refractivity contribution in [2.45, 2.75) is 31.3 Å². The van der Waals surface area contributed by atoms with E-state index in [0.29, 0.717) is 12.4 Å². The fraction of sp³-hybridized carbons (Fsp3) is 0.545. The second kappa shape index (κ2) is 6.29. The molecule has 0 saturated carbocycles. The quantitative estimate of drug-likeness (QED) is 0.497. The van der Waals surface area contributed by atoms with Crippen LogP contribution in [0.25, 0.3) is 0 Å². The summed E-state index contributed by atoms with van der Waals surface area (Å²) in [6.45, 7) is 6.20. The van der Waals surface area contributed by atoms with Crippen LogP contribution < -0.4 is 16.0 Å². The predicted molar refractivity (Wildman–Crippen MR) is 72.9 cm³/mol. The molecule has 1 aromatic heterocycles. The van der Waals surface area contributed by atoms with E-state index in [2.05, 4.69) is 15.1 Å². The predicted octanol–water partition coefficient (Wildman–Crippen LogP) is 0.461. The van der Waals surface area contributed by atoms with E-state index in [0.717, 1.165) is 0 Å². The largest absolute Gasteiger partial charge is 0.375 e. The van der Waals surface area contributed by atoms with Gasteiger partial charge in [-0.15, -0.1) is 0 Å². The van der Waals surface area contributed by atoms with Gasteiger partial charge in [-0.3, -0.25) is 0 Å². The molecule has 0 bridgehead atoms. The summed E-state index contributed by atoms with van der Waals surface area (Å²) >= 11 is 0. The molecule has 0 amide bonds. The summed E-state index contributed by atoms with van der Waals surface area (Å²) in [6.07, 6.45) is 1.24. The molecule has 1 heterocycles. The molecule has 0 spiro atoms. The van der Waals surface area contributed by atoms with E-state index in [1.165, 1.54) is 18.3 Å². The maximum atomic E-state index is 12.0. The van der Waals surface area contributed by atoms with Crippen molar-refractivity contribution >= 4 is 15.8 Å². The number of sulfonamides is 1. The van der Waals surface area contributed by atoms with E-state index in [9.17, 15) is 8.42 Å². The number of nitrogen functional groups attached to an aromatic ring is 1. The molecule has 0 unspecified atom stereocenters. The minimum absolute atomic E-state index is 0.0822. The third kappa shape index (κ3) is 4.75. The van der Waals surface area contributed by atoms with Crippen LogP contribution in [0.3, 0.4) is 0 Å². The van der Waals surface area contributed by atoms with Crippen LogP contribution >= 0.6 is 0 Å². The lowest BCUT2D eigenvalue weighted by atomic mass is 10.1. The molecule has 8 heteroatoms. The number of hydrogen-bond donors (Lipinski definition) is 3. The highest BCUT2D eigenvalue weighted by molar-refractivity contribution is 7.89. The van der Waals surface area contributed by atoms with Crippen molar-refractivity contribution < 1.29 is 13.2 Å². The van der Waals surface area contributed by atoms with Gasteiger partial charge in [-0.05, 0) is 32.9 Å². The van der Waals surface area contributed by atoms with Crippen LogP contribution in [0.15, 0.2) is 23.2 Å². The molecule has 4 N–H and O–H groups in total. The van der Waals surface area contributed by atoms with Crippen molar-refractivity contribution in [3.05, 3.63) is 18.3 Å². The summed E-state index contributed by atoms with van der Waals surface area (Å²) in [4.78, 5) is 3.94. The van der Waals surface area contributed by atoms with Crippen molar-refractivity contribution in [3.63, 3.8) is 0 Å². The van der Waals surface area contributed by atoms with Crippen LogP contribution in [-0.2, 0) is 14.8 Å². The van der Waals surface area contributed by atoms with E-state index < -0.39 is 15.6 Å². The molecule has 0 aromatic carbocycles. The second-order valence-electron chi connectivity index (χ2n) is 4.54. The van der Waals surface area contributed by atoms with Crippen molar-refractivity contribution in [2.24, 2.45) is 5.84 Å². The topological polar surface area (TPSA) is 106 Å². The molecule has 1 rings (SSSR count). The minimum Gasteiger partial charge on any atom is -0.375 e. The average molecular weight is 288 g/mol. The van der Waals surface area contributed by atoms with Crippen LogP contribution in [-0.4, -0.2) is 32.2 Å². The van der Waals surface area contributed by atoms with Crippen molar-refractivity contribution in [3.8, 4) is 0 Å². The Bertz CT molecular complexity index is 499. The highest BCUT2D eigenvalue weighted by atomic mass is 32.2. The number of rotatable bonds is 7. The Morgan fingerprint density at radius 1 is 1.42 bits per heavy atom. The van der Waals surface area contributed by atoms with Crippen LogP contribution in [0.4, 0.5) is 5.82 Å². The van der Waals surface area contributed by atoms with Crippen LogP contribution in [0.5, 0.6) is 0 Å². The molecular weight excluding hydrogens is 268 g/mol. The van der Waals surface area contributed by atoms with Crippen LogP contribution in [0.2, 0.25) is 0 Å². The number of pyridine rings is 1. The van der Waals surface area contributed by atoms with E-state index in [4.69, 9.17) is 10.6 Å². The van der Waals surface area contributed by atoms with Gasteiger partial charge in [0.2, 0.25) is 10.0 Å². The lowest BCUT2D eigenvalue weighted by Gasteiger charge is -2.24. The maximum absolute atomic E-state index is 12.0. The average Bonchev–Trinajstić information content (AvgIpc) is 2.37. The van der Waals surface area contributed by atoms with Gasteiger partial charge < -0.3 is 10.2 Å². The lowest BCUT2D eigenvalue weighted by Crippen LogP contribution is -2.40. The van der Waals surface area contributed by atoms with Gasteiger partial charge in [0.05, 0.1) is 5.60 Å². The summed E-state index contributed by atoms with van der Waals surface area (Å²) in [5.41, 5.74) is 1.77. The SMILES string of the molecule is CCOC(C)(C)CNS(=O)(=O)c1ccc(NN)nc1. The Morgan fingerprint density at radius 2 is 2.11 bits per heavy atom. The zero-order chi connectivity index (χ0) is 14.5. The molecule has 7 nitrogen and oxygen atoms in total. The summed E-state index contributed by atoms with van der Waals surface area (Å²) < 4.78 is 32.0. The molecule has 0 aliphatic rings. The highest BCUT2D eigenvalue weighted by Gasteiger charge is 2.22. The Morgan fingerprint density at radius 3 is 2.58 bits per heavy atom. The highest BCUT2D eigenvalue weighted by Crippen LogP contribution is 2.12.